The Hall–Kier alpha value is -1.87. The van der Waals surface area contributed by atoms with Gasteiger partial charge in [0.15, 0.2) is 0 Å². The van der Waals surface area contributed by atoms with Crippen LogP contribution >= 0.6 is 11.6 Å². The van der Waals surface area contributed by atoms with Crippen LogP contribution in [-0.4, -0.2) is 4.92 Å². The van der Waals surface area contributed by atoms with Crippen LogP contribution in [0, 0.1) is 16.0 Å². The monoisotopic (exact) mass is 289 g/mol. The summed E-state index contributed by atoms with van der Waals surface area (Å²) in [5.74, 6) is 0.111. The maximum absolute atomic E-state index is 11.0. The molecule has 2 atom stereocenters. The lowest BCUT2D eigenvalue weighted by atomic mass is 9.93. The summed E-state index contributed by atoms with van der Waals surface area (Å²) in [4.78, 5) is 10.7. The van der Waals surface area contributed by atoms with Crippen molar-refractivity contribution in [1.82, 2.24) is 0 Å². The number of nitro benzene ring substituents is 1. The number of para-hydroxylation sites is 1. The molecule has 0 aliphatic carbocycles. The predicted molar refractivity (Wildman–Crippen MR) is 81.0 cm³/mol. The van der Waals surface area contributed by atoms with Gasteiger partial charge in [0, 0.05) is 11.6 Å². The van der Waals surface area contributed by atoms with Crippen LogP contribution in [-0.2, 0) is 6.42 Å². The fourth-order valence-electron chi connectivity index (χ4n) is 2.28. The Bertz CT molecular complexity index is 586. The molecule has 0 aromatic heterocycles. The maximum atomic E-state index is 11.0. The van der Waals surface area contributed by atoms with Crippen LogP contribution in [0.25, 0.3) is 0 Å². The van der Waals surface area contributed by atoms with Gasteiger partial charge in [-0.25, -0.2) is 0 Å². The van der Waals surface area contributed by atoms with Crippen molar-refractivity contribution in [2.75, 3.05) is 0 Å². The number of hydrogen-bond donors (Lipinski definition) is 0. The van der Waals surface area contributed by atoms with E-state index in [2.05, 4.69) is 0 Å². The number of benzene rings is 2. The summed E-state index contributed by atoms with van der Waals surface area (Å²) >= 11 is 6.47. The molecule has 2 aromatic carbocycles. The molecular formula is C16H16ClNO2. The topological polar surface area (TPSA) is 43.1 Å². The molecule has 2 unspecified atom stereocenters. The number of nitro groups is 1. The Morgan fingerprint density at radius 3 is 2.35 bits per heavy atom. The average Bonchev–Trinajstić information content (AvgIpc) is 2.47. The van der Waals surface area contributed by atoms with Crippen molar-refractivity contribution in [3.63, 3.8) is 0 Å². The molecule has 0 radical (unpaired) electrons. The van der Waals surface area contributed by atoms with Gasteiger partial charge in [-0.15, -0.1) is 11.6 Å². The van der Waals surface area contributed by atoms with Crippen LogP contribution < -0.4 is 0 Å². The second-order valence-corrected chi connectivity index (χ2v) is 5.35. The summed E-state index contributed by atoms with van der Waals surface area (Å²) in [7, 11) is 0. The zero-order chi connectivity index (χ0) is 14.5. The van der Waals surface area contributed by atoms with E-state index in [1.807, 2.05) is 43.3 Å². The first kappa shape index (κ1) is 14.5. The molecular weight excluding hydrogens is 274 g/mol. The third-order valence-corrected chi connectivity index (χ3v) is 4.03. The lowest BCUT2D eigenvalue weighted by molar-refractivity contribution is -0.385. The Kier molecular flexibility index (Phi) is 4.74. The Morgan fingerprint density at radius 1 is 1.10 bits per heavy atom. The number of hydrogen-bond acceptors (Lipinski definition) is 2. The summed E-state index contributed by atoms with van der Waals surface area (Å²) in [6.07, 6.45) is 0.584. The van der Waals surface area contributed by atoms with E-state index in [9.17, 15) is 10.1 Å². The zero-order valence-corrected chi connectivity index (χ0v) is 12.0. The summed E-state index contributed by atoms with van der Waals surface area (Å²) in [5.41, 5.74) is 1.93. The first-order chi connectivity index (χ1) is 9.59. The van der Waals surface area contributed by atoms with Crippen LogP contribution in [0.3, 0.4) is 0 Å². The molecule has 0 heterocycles. The minimum absolute atomic E-state index is 0.111. The fraction of sp³-hybridized carbons (Fsp3) is 0.250. The SMILES string of the molecule is CC(Cc1ccccc1[N+](=O)[O-])C(Cl)c1ccccc1. The molecule has 0 bridgehead atoms. The van der Waals surface area contributed by atoms with E-state index in [-0.39, 0.29) is 21.9 Å². The van der Waals surface area contributed by atoms with Crippen LogP contribution in [0.2, 0.25) is 0 Å². The summed E-state index contributed by atoms with van der Waals surface area (Å²) in [6.45, 7) is 2.02. The van der Waals surface area contributed by atoms with E-state index in [0.29, 0.717) is 6.42 Å². The smallest absolute Gasteiger partial charge is 0.258 e. The number of nitrogens with zero attached hydrogens (tertiary/aromatic N) is 1. The van der Waals surface area contributed by atoms with Crippen LogP contribution in [0.1, 0.15) is 23.4 Å². The van der Waals surface area contributed by atoms with Crippen molar-refractivity contribution in [2.24, 2.45) is 5.92 Å². The minimum Gasteiger partial charge on any atom is -0.258 e. The number of halogens is 1. The molecule has 20 heavy (non-hydrogen) atoms. The summed E-state index contributed by atoms with van der Waals surface area (Å²) in [6, 6.07) is 16.6. The molecule has 2 rings (SSSR count). The standard InChI is InChI=1S/C16H16ClNO2/c1-12(16(17)13-7-3-2-4-8-13)11-14-9-5-6-10-15(14)18(19)20/h2-10,12,16H,11H2,1H3. The van der Waals surface area contributed by atoms with Gasteiger partial charge in [-0.1, -0.05) is 55.5 Å². The molecule has 0 aliphatic rings. The van der Waals surface area contributed by atoms with E-state index < -0.39 is 0 Å². The second kappa shape index (κ2) is 6.53. The van der Waals surface area contributed by atoms with E-state index in [1.54, 1.807) is 12.1 Å². The Labute approximate surface area is 123 Å². The highest BCUT2D eigenvalue weighted by Gasteiger charge is 2.21. The molecule has 104 valence electrons. The maximum Gasteiger partial charge on any atom is 0.272 e. The van der Waals surface area contributed by atoms with Crippen molar-refractivity contribution in [2.45, 2.75) is 18.7 Å². The van der Waals surface area contributed by atoms with Crippen molar-refractivity contribution in [1.29, 1.82) is 0 Å². The normalized spacial score (nSPS) is 13.7. The van der Waals surface area contributed by atoms with Gasteiger partial charge in [-0.05, 0) is 17.9 Å². The lowest BCUT2D eigenvalue weighted by Gasteiger charge is -2.18. The van der Waals surface area contributed by atoms with Gasteiger partial charge in [0.05, 0.1) is 10.3 Å². The first-order valence-corrected chi connectivity index (χ1v) is 6.94. The molecule has 0 saturated carbocycles. The molecule has 0 fully saturated rings. The molecule has 4 heteroatoms. The fourth-order valence-corrected chi connectivity index (χ4v) is 2.51. The highest BCUT2D eigenvalue weighted by atomic mass is 35.5. The number of rotatable bonds is 5. The largest absolute Gasteiger partial charge is 0.272 e. The Morgan fingerprint density at radius 2 is 1.70 bits per heavy atom. The second-order valence-electron chi connectivity index (χ2n) is 4.88. The average molecular weight is 290 g/mol. The minimum atomic E-state index is -0.339. The van der Waals surface area contributed by atoms with Crippen molar-refractivity contribution < 1.29 is 4.92 Å². The van der Waals surface area contributed by atoms with E-state index in [0.717, 1.165) is 11.1 Å². The van der Waals surface area contributed by atoms with Crippen LogP contribution in [0.4, 0.5) is 5.69 Å². The van der Waals surface area contributed by atoms with Gasteiger partial charge in [0.25, 0.3) is 5.69 Å². The molecule has 0 aliphatic heterocycles. The molecule has 0 saturated heterocycles. The third-order valence-electron chi connectivity index (χ3n) is 3.35. The molecule has 2 aromatic rings. The summed E-state index contributed by atoms with van der Waals surface area (Å²) in [5, 5.41) is 10.9. The van der Waals surface area contributed by atoms with Crippen LogP contribution in [0.5, 0.6) is 0 Å². The van der Waals surface area contributed by atoms with Gasteiger partial charge in [-0.2, -0.15) is 0 Å². The van der Waals surface area contributed by atoms with Gasteiger partial charge in [0.1, 0.15) is 0 Å². The van der Waals surface area contributed by atoms with Crippen LogP contribution in [0.15, 0.2) is 54.6 Å². The first-order valence-electron chi connectivity index (χ1n) is 6.51. The highest BCUT2D eigenvalue weighted by Crippen LogP contribution is 2.32. The quantitative estimate of drug-likeness (QED) is 0.453. The van der Waals surface area contributed by atoms with E-state index >= 15 is 0 Å². The molecule has 0 spiro atoms. The van der Waals surface area contributed by atoms with Gasteiger partial charge in [-0.3, -0.25) is 10.1 Å². The van der Waals surface area contributed by atoms with Gasteiger partial charge in [0.2, 0.25) is 0 Å². The van der Waals surface area contributed by atoms with Crippen molar-refractivity contribution in [3.05, 3.63) is 75.8 Å². The Balaban J connectivity index is 2.16. The predicted octanol–water partition coefficient (Wildman–Crippen LogP) is 4.75. The third kappa shape index (κ3) is 3.36. The zero-order valence-electron chi connectivity index (χ0n) is 11.2. The molecule has 0 N–H and O–H groups in total. The highest BCUT2D eigenvalue weighted by molar-refractivity contribution is 6.21. The van der Waals surface area contributed by atoms with Crippen molar-refractivity contribution in [3.8, 4) is 0 Å². The van der Waals surface area contributed by atoms with Crippen molar-refractivity contribution >= 4 is 17.3 Å². The lowest BCUT2D eigenvalue weighted by Crippen LogP contribution is -2.09. The van der Waals surface area contributed by atoms with E-state index in [4.69, 9.17) is 11.6 Å². The van der Waals surface area contributed by atoms with Gasteiger partial charge >= 0.3 is 0 Å². The van der Waals surface area contributed by atoms with Gasteiger partial charge < -0.3 is 0 Å². The molecule has 0 amide bonds. The summed E-state index contributed by atoms with van der Waals surface area (Å²) < 4.78 is 0. The number of alkyl halides is 1. The molecule has 3 nitrogen and oxygen atoms in total. The van der Waals surface area contributed by atoms with E-state index in [1.165, 1.54) is 6.07 Å².